The van der Waals surface area contributed by atoms with Gasteiger partial charge < -0.3 is 14.4 Å². The number of hydrogen-bond donors (Lipinski definition) is 0. The van der Waals surface area contributed by atoms with E-state index in [0.717, 1.165) is 54.8 Å². The third kappa shape index (κ3) is 3.77. The van der Waals surface area contributed by atoms with E-state index < -0.39 is 0 Å². The number of piperazine rings is 1. The first-order valence-electron chi connectivity index (χ1n) is 8.14. The molecule has 0 unspecified atom stereocenters. The van der Waals surface area contributed by atoms with Crippen LogP contribution in [0.15, 0.2) is 42.5 Å². The van der Waals surface area contributed by atoms with E-state index in [1.54, 1.807) is 14.2 Å². The highest BCUT2D eigenvalue weighted by Gasteiger charge is 2.19. The van der Waals surface area contributed by atoms with E-state index >= 15 is 0 Å². The molecule has 1 aliphatic rings. The van der Waals surface area contributed by atoms with E-state index in [2.05, 4.69) is 28.0 Å². The Labute approximate surface area is 148 Å². The van der Waals surface area contributed by atoms with Crippen LogP contribution in [0.3, 0.4) is 0 Å². The fourth-order valence-corrected chi connectivity index (χ4v) is 3.26. The number of halogens is 1. The van der Waals surface area contributed by atoms with Crippen molar-refractivity contribution in [1.29, 1.82) is 0 Å². The number of nitrogens with zero attached hydrogens (tertiary/aromatic N) is 2. The lowest BCUT2D eigenvalue weighted by molar-refractivity contribution is 0.244. The van der Waals surface area contributed by atoms with Gasteiger partial charge >= 0.3 is 0 Å². The third-order valence-electron chi connectivity index (χ3n) is 4.44. The molecule has 0 spiro atoms. The lowest BCUT2D eigenvalue weighted by atomic mass is 10.1. The molecule has 0 amide bonds. The van der Waals surface area contributed by atoms with E-state index in [0.29, 0.717) is 0 Å². The van der Waals surface area contributed by atoms with Crippen LogP contribution in [-0.2, 0) is 6.54 Å². The molecule has 128 valence electrons. The Morgan fingerprint density at radius 2 is 1.62 bits per heavy atom. The number of ether oxygens (including phenoxy) is 2. The second-order valence-electron chi connectivity index (χ2n) is 5.89. The van der Waals surface area contributed by atoms with Crippen LogP contribution in [0, 0.1) is 0 Å². The average molecular weight is 347 g/mol. The van der Waals surface area contributed by atoms with Crippen LogP contribution in [0.25, 0.3) is 0 Å². The highest BCUT2D eigenvalue weighted by molar-refractivity contribution is 6.30. The molecule has 2 aromatic carbocycles. The van der Waals surface area contributed by atoms with Gasteiger partial charge in [-0.15, -0.1) is 0 Å². The van der Waals surface area contributed by atoms with Crippen molar-refractivity contribution in [1.82, 2.24) is 4.90 Å². The molecule has 1 fully saturated rings. The van der Waals surface area contributed by atoms with Crippen LogP contribution in [0.5, 0.6) is 11.5 Å². The van der Waals surface area contributed by atoms with E-state index in [-0.39, 0.29) is 0 Å². The Morgan fingerprint density at radius 3 is 2.25 bits per heavy atom. The number of anilines is 1. The summed E-state index contributed by atoms with van der Waals surface area (Å²) in [5, 5.41) is 0.780. The van der Waals surface area contributed by atoms with Gasteiger partial charge in [-0.3, -0.25) is 4.90 Å². The minimum absolute atomic E-state index is 0.780. The van der Waals surface area contributed by atoms with Crippen molar-refractivity contribution in [3.8, 4) is 11.5 Å². The largest absolute Gasteiger partial charge is 0.493 e. The summed E-state index contributed by atoms with van der Waals surface area (Å²) >= 11 is 5.97. The summed E-state index contributed by atoms with van der Waals surface area (Å²) in [6.45, 7) is 4.92. The normalized spacial score (nSPS) is 15.4. The Hall–Kier alpha value is -1.91. The molecular weight excluding hydrogens is 324 g/mol. The highest BCUT2D eigenvalue weighted by atomic mass is 35.5. The van der Waals surface area contributed by atoms with E-state index in [1.165, 1.54) is 5.69 Å². The SMILES string of the molecule is COc1cccc(CN2CCN(c3ccc(Cl)cc3)CC2)c1OC. The summed E-state index contributed by atoms with van der Waals surface area (Å²) in [4.78, 5) is 4.85. The minimum atomic E-state index is 0.780. The molecule has 0 N–H and O–H groups in total. The Morgan fingerprint density at radius 1 is 0.917 bits per heavy atom. The molecule has 0 bridgehead atoms. The third-order valence-corrected chi connectivity index (χ3v) is 4.69. The van der Waals surface area contributed by atoms with Gasteiger partial charge in [0.1, 0.15) is 0 Å². The maximum Gasteiger partial charge on any atom is 0.165 e. The second kappa shape index (κ2) is 7.77. The molecule has 2 aromatic rings. The lowest BCUT2D eigenvalue weighted by Crippen LogP contribution is -2.46. The molecule has 0 atom stereocenters. The zero-order chi connectivity index (χ0) is 16.9. The maximum atomic E-state index is 5.97. The van der Waals surface area contributed by atoms with Gasteiger partial charge in [-0.05, 0) is 30.3 Å². The Kier molecular flexibility index (Phi) is 5.48. The maximum absolute atomic E-state index is 5.97. The molecule has 0 aromatic heterocycles. The molecule has 5 heteroatoms. The van der Waals surface area contributed by atoms with Crippen LogP contribution in [0.2, 0.25) is 5.02 Å². The van der Waals surface area contributed by atoms with E-state index in [9.17, 15) is 0 Å². The van der Waals surface area contributed by atoms with Crippen LogP contribution in [0.4, 0.5) is 5.69 Å². The highest BCUT2D eigenvalue weighted by Crippen LogP contribution is 2.31. The van der Waals surface area contributed by atoms with Crippen molar-refractivity contribution in [3.63, 3.8) is 0 Å². The van der Waals surface area contributed by atoms with Crippen LogP contribution >= 0.6 is 11.6 Å². The molecule has 1 heterocycles. The molecule has 4 nitrogen and oxygen atoms in total. The number of benzene rings is 2. The topological polar surface area (TPSA) is 24.9 Å². The lowest BCUT2D eigenvalue weighted by Gasteiger charge is -2.36. The van der Waals surface area contributed by atoms with Gasteiger partial charge in [-0.1, -0.05) is 23.7 Å². The van der Waals surface area contributed by atoms with Gasteiger partial charge in [0.25, 0.3) is 0 Å². The van der Waals surface area contributed by atoms with Crippen molar-refractivity contribution >= 4 is 17.3 Å². The molecule has 0 aliphatic carbocycles. The van der Waals surface area contributed by atoms with Gasteiger partial charge in [0, 0.05) is 49.0 Å². The van der Waals surface area contributed by atoms with E-state index in [4.69, 9.17) is 21.1 Å². The Balaban J connectivity index is 1.62. The summed E-state index contributed by atoms with van der Waals surface area (Å²) < 4.78 is 10.9. The number of hydrogen-bond acceptors (Lipinski definition) is 4. The van der Waals surface area contributed by atoms with Gasteiger partial charge in [0.15, 0.2) is 11.5 Å². The van der Waals surface area contributed by atoms with E-state index in [1.807, 2.05) is 24.3 Å². The number of para-hydroxylation sites is 1. The van der Waals surface area contributed by atoms with Gasteiger partial charge in [-0.25, -0.2) is 0 Å². The number of rotatable bonds is 5. The fourth-order valence-electron chi connectivity index (χ4n) is 3.14. The summed E-state index contributed by atoms with van der Waals surface area (Å²) in [6, 6.07) is 14.1. The first-order chi connectivity index (χ1) is 11.7. The standard InChI is InChI=1S/C19H23ClN2O2/c1-23-18-5-3-4-15(19(18)24-2)14-21-10-12-22(13-11-21)17-8-6-16(20)7-9-17/h3-9H,10-14H2,1-2H3. The second-order valence-corrected chi connectivity index (χ2v) is 6.33. The Bertz CT molecular complexity index is 668. The molecule has 1 aliphatic heterocycles. The zero-order valence-corrected chi connectivity index (χ0v) is 14.9. The van der Waals surface area contributed by atoms with Crippen molar-refractivity contribution in [2.75, 3.05) is 45.3 Å². The monoisotopic (exact) mass is 346 g/mol. The quantitative estimate of drug-likeness (QED) is 0.824. The average Bonchev–Trinajstić information content (AvgIpc) is 2.63. The smallest absolute Gasteiger partial charge is 0.165 e. The van der Waals surface area contributed by atoms with Crippen molar-refractivity contribution in [2.45, 2.75) is 6.54 Å². The summed E-state index contributed by atoms with van der Waals surface area (Å²) in [5.41, 5.74) is 2.40. The summed E-state index contributed by atoms with van der Waals surface area (Å²) in [5.74, 6) is 1.62. The molecule has 0 radical (unpaired) electrons. The van der Waals surface area contributed by atoms with Gasteiger partial charge in [-0.2, -0.15) is 0 Å². The first kappa shape index (κ1) is 16.9. The first-order valence-corrected chi connectivity index (χ1v) is 8.52. The predicted octanol–water partition coefficient (Wildman–Crippen LogP) is 3.68. The van der Waals surface area contributed by atoms with Gasteiger partial charge in [0.05, 0.1) is 14.2 Å². The van der Waals surface area contributed by atoms with Crippen molar-refractivity contribution in [2.24, 2.45) is 0 Å². The molecular formula is C19H23ClN2O2. The van der Waals surface area contributed by atoms with Crippen LogP contribution < -0.4 is 14.4 Å². The zero-order valence-electron chi connectivity index (χ0n) is 14.2. The summed E-state index contributed by atoms with van der Waals surface area (Å²) in [6.07, 6.45) is 0. The molecule has 24 heavy (non-hydrogen) atoms. The van der Waals surface area contributed by atoms with Gasteiger partial charge in [0.2, 0.25) is 0 Å². The molecule has 1 saturated heterocycles. The van der Waals surface area contributed by atoms with Crippen molar-refractivity contribution in [3.05, 3.63) is 53.1 Å². The summed E-state index contributed by atoms with van der Waals surface area (Å²) in [7, 11) is 3.37. The van der Waals surface area contributed by atoms with Crippen molar-refractivity contribution < 1.29 is 9.47 Å². The fraction of sp³-hybridized carbons (Fsp3) is 0.368. The molecule has 0 saturated carbocycles. The number of methoxy groups -OCH3 is 2. The van der Waals surface area contributed by atoms with Crippen LogP contribution in [0.1, 0.15) is 5.56 Å². The predicted molar refractivity (Wildman–Crippen MR) is 98.5 cm³/mol. The van der Waals surface area contributed by atoms with Crippen LogP contribution in [-0.4, -0.2) is 45.3 Å². The minimum Gasteiger partial charge on any atom is -0.493 e. The molecule has 3 rings (SSSR count).